The molecule has 98 valence electrons. The van der Waals surface area contributed by atoms with Crippen LogP contribution in [-0.4, -0.2) is 11.7 Å². The molecular formula is C16H22O2. The number of hydrogen-bond acceptors (Lipinski definition) is 2. The lowest BCUT2D eigenvalue weighted by Gasteiger charge is -2.21. The first-order chi connectivity index (χ1) is 8.83. The van der Waals surface area contributed by atoms with Crippen molar-refractivity contribution in [3.8, 4) is 5.75 Å². The summed E-state index contributed by atoms with van der Waals surface area (Å²) in [6.07, 6.45) is 8.36. The highest BCUT2D eigenvalue weighted by Crippen LogP contribution is 2.33. The van der Waals surface area contributed by atoms with E-state index in [0.29, 0.717) is 0 Å². The number of aryl methyl sites for hydroxylation is 1. The van der Waals surface area contributed by atoms with E-state index < -0.39 is 0 Å². The molecule has 1 aromatic carbocycles. The van der Waals surface area contributed by atoms with Crippen molar-refractivity contribution in [3.63, 3.8) is 0 Å². The highest BCUT2D eigenvalue weighted by molar-refractivity contribution is 5.39. The molecule has 1 saturated carbocycles. The van der Waals surface area contributed by atoms with E-state index in [2.05, 4.69) is 6.07 Å². The Bertz CT molecular complexity index is 408. The lowest BCUT2D eigenvalue weighted by Crippen LogP contribution is -2.15. The fourth-order valence-corrected chi connectivity index (χ4v) is 3.23. The molecule has 1 fully saturated rings. The van der Waals surface area contributed by atoms with Crippen LogP contribution in [0.5, 0.6) is 5.75 Å². The molecule has 2 nitrogen and oxygen atoms in total. The van der Waals surface area contributed by atoms with Crippen LogP contribution in [-0.2, 0) is 6.42 Å². The molecule has 0 aliphatic heterocycles. The van der Waals surface area contributed by atoms with Crippen LogP contribution < -0.4 is 4.74 Å². The molecule has 18 heavy (non-hydrogen) atoms. The Hall–Kier alpha value is -1.02. The molecule has 0 amide bonds. The van der Waals surface area contributed by atoms with Gasteiger partial charge in [0.15, 0.2) is 0 Å². The average Bonchev–Trinajstić information content (AvgIpc) is 2.79. The lowest BCUT2D eigenvalue weighted by molar-refractivity contribution is 0.180. The molecule has 3 rings (SSSR count). The van der Waals surface area contributed by atoms with Gasteiger partial charge in [0, 0.05) is 0 Å². The van der Waals surface area contributed by atoms with Crippen molar-refractivity contribution in [1.82, 2.24) is 0 Å². The smallest absolute Gasteiger partial charge is 0.119 e. The number of rotatable bonds is 3. The van der Waals surface area contributed by atoms with E-state index in [9.17, 15) is 5.11 Å². The van der Waals surface area contributed by atoms with Crippen LogP contribution in [0.1, 0.15) is 55.8 Å². The van der Waals surface area contributed by atoms with Crippen LogP contribution in [0, 0.1) is 5.92 Å². The Labute approximate surface area is 109 Å². The molecule has 0 heterocycles. The Kier molecular flexibility index (Phi) is 3.55. The highest BCUT2D eigenvalue weighted by atomic mass is 16.5. The summed E-state index contributed by atoms with van der Waals surface area (Å²) in [5.74, 6) is 1.73. The summed E-state index contributed by atoms with van der Waals surface area (Å²) in [5, 5.41) is 9.77. The summed E-state index contributed by atoms with van der Waals surface area (Å²) in [7, 11) is 0. The fourth-order valence-electron chi connectivity index (χ4n) is 3.23. The molecule has 0 bridgehead atoms. The monoisotopic (exact) mass is 246 g/mol. The first-order valence-electron chi connectivity index (χ1n) is 7.26. The maximum Gasteiger partial charge on any atom is 0.119 e. The Balaban J connectivity index is 1.60. The largest absolute Gasteiger partial charge is 0.493 e. The van der Waals surface area contributed by atoms with Gasteiger partial charge in [-0.05, 0) is 54.9 Å². The number of benzene rings is 1. The second-order valence-corrected chi connectivity index (χ2v) is 5.73. The van der Waals surface area contributed by atoms with Crippen molar-refractivity contribution in [1.29, 1.82) is 0 Å². The van der Waals surface area contributed by atoms with E-state index in [1.165, 1.54) is 37.7 Å². The van der Waals surface area contributed by atoms with Crippen molar-refractivity contribution in [2.45, 2.75) is 51.0 Å². The van der Waals surface area contributed by atoms with Crippen molar-refractivity contribution < 1.29 is 9.84 Å². The predicted molar refractivity (Wildman–Crippen MR) is 71.8 cm³/mol. The maximum atomic E-state index is 9.77. The van der Waals surface area contributed by atoms with Crippen LogP contribution in [0.2, 0.25) is 0 Å². The number of aliphatic hydroxyl groups is 1. The van der Waals surface area contributed by atoms with E-state index in [-0.39, 0.29) is 6.10 Å². The topological polar surface area (TPSA) is 29.5 Å². The molecule has 1 aromatic rings. The first-order valence-corrected chi connectivity index (χ1v) is 7.26. The Morgan fingerprint density at radius 2 is 1.94 bits per heavy atom. The molecule has 1 unspecified atom stereocenters. The summed E-state index contributed by atoms with van der Waals surface area (Å²) in [6.45, 7) is 0.862. The van der Waals surface area contributed by atoms with Crippen molar-refractivity contribution in [2.75, 3.05) is 6.61 Å². The number of fused-ring (bicyclic) bond motifs is 1. The molecule has 1 N–H and O–H groups in total. The summed E-state index contributed by atoms with van der Waals surface area (Å²) in [4.78, 5) is 0. The minimum absolute atomic E-state index is 0.257. The molecule has 0 aromatic heterocycles. The van der Waals surface area contributed by atoms with E-state index in [4.69, 9.17) is 4.74 Å². The van der Waals surface area contributed by atoms with Crippen LogP contribution in [0.25, 0.3) is 0 Å². The van der Waals surface area contributed by atoms with Gasteiger partial charge in [0.05, 0.1) is 12.7 Å². The number of hydrogen-bond donors (Lipinski definition) is 1. The number of aliphatic hydroxyl groups excluding tert-OH is 1. The van der Waals surface area contributed by atoms with E-state index in [1.807, 2.05) is 12.1 Å². The Morgan fingerprint density at radius 1 is 1.11 bits per heavy atom. The van der Waals surface area contributed by atoms with E-state index >= 15 is 0 Å². The minimum Gasteiger partial charge on any atom is -0.493 e. The zero-order valence-corrected chi connectivity index (χ0v) is 10.9. The zero-order chi connectivity index (χ0) is 12.4. The minimum atomic E-state index is -0.257. The number of ether oxygens (including phenoxy) is 1. The average molecular weight is 246 g/mol. The van der Waals surface area contributed by atoms with Crippen LogP contribution >= 0.6 is 0 Å². The fraction of sp³-hybridized carbons (Fsp3) is 0.625. The SMILES string of the molecule is OC1CCc2cc(OCC3CCCCC3)ccc21. The van der Waals surface area contributed by atoms with Gasteiger partial charge in [-0.15, -0.1) is 0 Å². The van der Waals surface area contributed by atoms with Crippen molar-refractivity contribution in [2.24, 2.45) is 5.92 Å². The maximum absolute atomic E-state index is 9.77. The summed E-state index contributed by atoms with van der Waals surface area (Å²) in [6, 6.07) is 6.16. The third-order valence-corrected chi connectivity index (χ3v) is 4.37. The highest BCUT2D eigenvalue weighted by Gasteiger charge is 2.20. The molecular weight excluding hydrogens is 224 g/mol. The van der Waals surface area contributed by atoms with Crippen LogP contribution in [0.4, 0.5) is 0 Å². The second-order valence-electron chi connectivity index (χ2n) is 5.73. The van der Waals surface area contributed by atoms with Gasteiger partial charge in [0.2, 0.25) is 0 Å². The van der Waals surface area contributed by atoms with Gasteiger partial charge in [-0.25, -0.2) is 0 Å². The zero-order valence-electron chi connectivity index (χ0n) is 10.9. The van der Waals surface area contributed by atoms with Crippen molar-refractivity contribution >= 4 is 0 Å². The van der Waals surface area contributed by atoms with Gasteiger partial charge in [0.25, 0.3) is 0 Å². The lowest BCUT2D eigenvalue weighted by atomic mass is 9.90. The summed E-state index contributed by atoms with van der Waals surface area (Å²) in [5.41, 5.74) is 2.36. The standard InChI is InChI=1S/C16H22O2/c17-16-9-6-13-10-14(7-8-15(13)16)18-11-12-4-2-1-3-5-12/h7-8,10,12,16-17H,1-6,9,11H2. The van der Waals surface area contributed by atoms with Crippen molar-refractivity contribution in [3.05, 3.63) is 29.3 Å². The van der Waals surface area contributed by atoms with Crippen LogP contribution in [0.15, 0.2) is 18.2 Å². The van der Waals surface area contributed by atoms with Gasteiger partial charge < -0.3 is 9.84 Å². The summed E-state index contributed by atoms with van der Waals surface area (Å²) < 4.78 is 5.92. The molecule has 0 spiro atoms. The van der Waals surface area contributed by atoms with Gasteiger partial charge in [-0.1, -0.05) is 25.3 Å². The van der Waals surface area contributed by atoms with Gasteiger partial charge in [0.1, 0.15) is 5.75 Å². The molecule has 0 radical (unpaired) electrons. The quantitative estimate of drug-likeness (QED) is 0.882. The van der Waals surface area contributed by atoms with Crippen LogP contribution in [0.3, 0.4) is 0 Å². The van der Waals surface area contributed by atoms with Gasteiger partial charge in [-0.3, -0.25) is 0 Å². The molecule has 1 atom stereocenters. The van der Waals surface area contributed by atoms with E-state index in [0.717, 1.165) is 36.7 Å². The molecule has 2 aliphatic rings. The summed E-state index contributed by atoms with van der Waals surface area (Å²) >= 11 is 0. The van der Waals surface area contributed by atoms with Gasteiger partial charge >= 0.3 is 0 Å². The second kappa shape index (κ2) is 5.31. The Morgan fingerprint density at radius 3 is 2.78 bits per heavy atom. The van der Waals surface area contributed by atoms with Gasteiger partial charge in [-0.2, -0.15) is 0 Å². The third kappa shape index (κ3) is 2.54. The normalized spacial score (nSPS) is 23.9. The molecule has 2 aliphatic carbocycles. The van der Waals surface area contributed by atoms with E-state index in [1.54, 1.807) is 0 Å². The predicted octanol–water partition coefficient (Wildman–Crippen LogP) is 3.63. The molecule has 0 saturated heterocycles. The molecule has 2 heteroatoms. The third-order valence-electron chi connectivity index (χ3n) is 4.37. The first kappa shape index (κ1) is 12.0.